The number of nitrogens with zero attached hydrogens (tertiary/aromatic N) is 2. The van der Waals surface area contributed by atoms with Gasteiger partial charge in [-0.05, 0) is 37.8 Å². The Hall–Kier alpha value is -1.62. The second-order valence-electron chi connectivity index (χ2n) is 7.21. The lowest BCUT2D eigenvalue weighted by Crippen LogP contribution is -2.48. The predicted molar refractivity (Wildman–Crippen MR) is 98.0 cm³/mol. The van der Waals surface area contributed by atoms with Crippen molar-refractivity contribution in [3.63, 3.8) is 0 Å². The molecule has 0 heterocycles. The molecule has 2 saturated carbocycles. The fourth-order valence-electron chi connectivity index (χ4n) is 4.33. The lowest BCUT2D eigenvalue weighted by molar-refractivity contribution is -0.385. The summed E-state index contributed by atoms with van der Waals surface area (Å²) in [5.74, 6) is -0.215. The number of hydrogen-bond acceptors (Lipinski definition) is 3. The molecule has 1 aromatic carbocycles. The number of rotatable bonds is 4. The lowest BCUT2D eigenvalue weighted by atomic mass is 9.88. The minimum Gasteiger partial charge on any atom is -0.332 e. The van der Waals surface area contributed by atoms with Crippen LogP contribution in [0.3, 0.4) is 0 Å². The first-order valence-electron chi connectivity index (χ1n) is 9.34. The molecule has 1 amide bonds. The summed E-state index contributed by atoms with van der Waals surface area (Å²) in [6.45, 7) is 0. The van der Waals surface area contributed by atoms with Crippen molar-refractivity contribution in [2.75, 3.05) is 0 Å². The van der Waals surface area contributed by atoms with Crippen LogP contribution in [0.4, 0.5) is 5.69 Å². The Morgan fingerprint density at radius 2 is 1.52 bits per heavy atom. The molecule has 2 fully saturated rings. The summed E-state index contributed by atoms with van der Waals surface area (Å²) in [6, 6.07) is 4.67. The fraction of sp³-hybridized carbons (Fsp3) is 0.632. The summed E-state index contributed by atoms with van der Waals surface area (Å²) in [7, 11) is 0. The molecule has 2 aliphatic carbocycles. The van der Waals surface area contributed by atoms with Gasteiger partial charge in [0.25, 0.3) is 11.6 Å². The Balaban J connectivity index is 1.95. The highest BCUT2D eigenvalue weighted by atomic mass is 35.5. The van der Waals surface area contributed by atoms with Gasteiger partial charge in [-0.15, -0.1) is 0 Å². The molecule has 5 nitrogen and oxygen atoms in total. The molecular weight excluding hydrogens is 340 g/mol. The maximum atomic E-state index is 13.4. The van der Waals surface area contributed by atoms with Crippen LogP contribution in [0.25, 0.3) is 0 Å². The van der Waals surface area contributed by atoms with Crippen LogP contribution in [-0.2, 0) is 0 Å². The van der Waals surface area contributed by atoms with Crippen molar-refractivity contribution in [2.45, 2.75) is 76.3 Å². The molecular formula is C19H25ClN2O3. The van der Waals surface area contributed by atoms with E-state index in [1.54, 1.807) is 0 Å². The second kappa shape index (κ2) is 8.17. The summed E-state index contributed by atoms with van der Waals surface area (Å²) in [5, 5.41) is 11.8. The van der Waals surface area contributed by atoms with Gasteiger partial charge < -0.3 is 4.90 Å². The Labute approximate surface area is 153 Å². The van der Waals surface area contributed by atoms with E-state index in [4.69, 9.17) is 11.6 Å². The van der Waals surface area contributed by atoms with Gasteiger partial charge in [-0.3, -0.25) is 14.9 Å². The van der Waals surface area contributed by atoms with Gasteiger partial charge in [-0.1, -0.05) is 50.1 Å². The Morgan fingerprint density at radius 3 is 2.00 bits per heavy atom. The van der Waals surface area contributed by atoms with Crippen molar-refractivity contribution in [2.24, 2.45) is 0 Å². The average molecular weight is 365 g/mol. The minimum absolute atomic E-state index is 0.133. The molecule has 3 rings (SSSR count). The summed E-state index contributed by atoms with van der Waals surface area (Å²) < 4.78 is 0. The van der Waals surface area contributed by atoms with E-state index in [0.29, 0.717) is 5.02 Å². The first-order valence-corrected chi connectivity index (χ1v) is 9.72. The first kappa shape index (κ1) is 18.2. The molecule has 25 heavy (non-hydrogen) atoms. The van der Waals surface area contributed by atoms with Crippen LogP contribution in [0, 0.1) is 10.1 Å². The van der Waals surface area contributed by atoms with Gasteiger partial charge in [0.05, 0.1) is 4.92 Å². The van der Waals surface area contributed by atoms with E-state index in [9.17, 15) is 14.9 Å². The van der Waals surface area contributed by atoms with Gasteiger partial charge in [-0.25, -0.2) is 0 Å². The van der Waals surface area contributed by atoms with Gasteiger partial charge >= 0.3 is 0 Å². The molecule has 0 aliphatic heterocycles. The van der Waals surface area contributed by atoms with E-state index in [1.807, 2.05) is 4.90 Å². The zero-order valence-corrected chi connectivity index (χ0v) is 15.2. The van der Waals surface area contributed by atoms with E-state index in [-0.39, 0.29) is 29.2 Å². The number of halogens is 1. The topological polar surface area (TPSA) is 63.4 Å². The second-order valence-corrected chi connectivity index (χ2v) is 7.65. The van der Waals surface area contributed by atoms with Crippen molar-refractivity contribution in [1.82, 2.24) is 4.90 Å². The molecule has 0 aromatic heterocycles. The molecule has 0 saturated heterocycles. The quantitative estimate of drug-likeness (QED) is 0.534. The van der Waals surface area contributed by atoms with Gasteiger partial charge in [0.1, 0.15) is 5.56 Å². The van der Waals surface area contributed by atoms with Gasteiger partial charge in [0.15, 0.2) is 0 Å². The smallest absolute Gasteiger partial charge is 0.282 e. The van der Waals surface area contributed by atoms with Gasteiger partial charge in [-0.2, -0.15) is 0 Å². The molecule has 0 atom stereocenters. The van der Waals surface area contributed by atoms with Crippen LogP contribution in [0.1, 0.15) is 74.6 Å². The standard InChI is InChI=1S/C19H25ClN2O3/c20-14-11-12-18(22(24)25)17(13-14)19(23)21(15-7-3-1-4-8-15)16-9-5-2-6-10-16/h11-13,15-16H,1-10H2. The number of carbonyl (C=O) groups is 1. The minimum atomic E-state index is -0.483. The summed E-state index contributed by atoms with van der Waals surface area (Å²) in [4.78, 5) is 26.3. The summed E-state index contributed by atoms with van der Waals surface area (Å²) >= 11 is 6.05. The number of benzene rings is 1. The summed E-state index contributed by atoms with van der Waals surface area (Å²) in [6.07, 6.45) is 10.9. The number of nitro groups is 1. The molecule has 0 N–H and O–H groups in total. The van der Waals surface area contributed by atoms with Crippen LogP contribution >= 0.6 is 11.6 Å². The third kappa shape index (κ3) is 4.14. The van der Waals surface area contributed by atoms with Gasteiger partial charge in [0.2, 0.25) is 0 Å². The number of nitro benzene ring substituents is 1. The highest BCUT2D eigenvalue weighted by molar-refractivity contribution is 6.31. The largest absolute Gasteiger partial charge is 0.332 e. The fourth-order valence-corrected chi connectivity index (χ4v) is 4.50. The van der Waals surface area contributed by atoms with Crippen molar-refractivity contribution in [1.29, 1.82) is 0 Å². The van der Waals surface area contributed by atoms with Crippen LogP contribution in [0.2, 0.25) is 5.02 Å². The predicted octanol–water partition coefficient (Wildman–Crippen LogP) is 5.36. The Kier molecular flexibility index (Phi) is 5.94. The van der Waals surface area contributed by atoms with Crippen LogP contribution in [-0.4, -0.2) is 27.8 Å². The van der Waals surface area contributed by atoms with Crippen LogP contribution < -0.4 is 0 Å². The maximum Gasteiger partial charge on any atom is 0.282 e. The zero-order chi connectivity index (χ0) is 17.8. The van der Waals surface area contributed by atoms with Crippen LogP contribution in [0.5, 0.6) is 0 Å². The number of amides is 1. The molecule has 0 bridgehead atoms. The van der Waals surface area contributed by atoms with Crippen molar-refractivity contribution >= 4 is 23.2 Å². The molecule has 1 aromatic rings. The van der Waals surface area contributed by atoms with E-state index in [2.05, 4.69) is 0 Å². The monoisotopic (exact) mass is 364 g/mol. The molecule has 2 aliphatic rings. The third-order valence-electron chi connectivity index (χ3n) is 5.56. The third-order valence-corrected chi connectivity index (χ3v) is 5.79. The van der Waals surface area contributed by atoms with E-state index >= 15 is 0 Å². The maximum absolute atomic E-state index is 13.4. The molecule has 0 spiro atoms. The van der Waals surface area contributed by atoms with Crippen molar-refractivity contribution < 1.29 is 9.72 Å². The van der Waals surface area contributed by atoms with E-state index in [0.717, 1.165) is 51.4 Å². The lowest BCUT2D eigenvalue weighted by Gasteiger charge is -2.41. The average Bonchev–Trinajstić information content (AvgIpc) is 2.63. The number of hydrogen-bond donors (Lipinski definition) is 0. The van der Waals surface area contributed by atoms with E-state index < -0.39 is 4.92 Å². The van der Waals surface area contributed by atoms with Crippen molar-refractivity contribution in [3.8, 4) is 0 Å². The van der Waals surface area contributed by atoms with E-state index in [1.165, 1.54) is 31.0 Å². The Morgan fingerprint density at radius 1 is 1.00 bits per heavy atom. The molecule has 136 valence electrons. The first-order chi connectivity index (χ1) is 12.1. The van der Waals surface area contributed by atoms with Crippen molar-refractivity contribution in [3.05, 3.63) is 38.9 Å². The highest BCUT2D eigenvalue weighted by Gasteiger charge is 2.35. The molecule has 0 unspecified atom stereocenters. The number of carbonyl (C=O) groups excluding carboxylic acids is 1. The van der Waals surface area contributed by atoms with Gasteiger partial charge in [0, 0.05) is 23.2 Å². The molecule has 6 heteroatoms. The normalized spacial score (nSPS) is 19.6. The molecule has 0 radical (unpaired) electrons. The SMILES string of the molecule is O=C(c1cc(Cl)ccc1[N+](=O)[O-])N(C1CCCCC1)C1CCCCC1. The summed E-state index contributed by atoms with van der Waals surface area (Å²) in [5.41, 5.74) is -0.0142. The highest BCUT2D eigenvalue weighted by Crippen LogP contribution is 2.33. The van der Waals surface area contributed by atoms with Crippen LogP contribution in [0.15, 0.2) is 18.2 Å². The Bertz CT molecular complexity index is 620. The zero-order valence-electron chi connectivity index (χ0n) is 14.5.